The summed E-state index contributed by atoms with van der Waals surface area (Å²) in [5.74, 6) is 0.736. The Hall–Kier alpha value is -2.02. The van der Waals surface area contributed by atoms with Crippen LogP contribution in [0.1, 0.15) is 55.0 Å². The number of piperidine rings is 1. The summed E-state index contributed by atoms with van der Waals surface area (Å²) >= 11 is 0. The van der Waals surface area contributed by atoms with E-state index >= 15 is 0 Å². The first-order chi connectivity index (χ1) is 11.8. The molecule has 1 fully saturated rings. The molecule has 2 aromatic rings. The summed E-state index contributed by atoms with van der Waals surface area (Å²) in [6, 6.07) is 8.28. The number of rotatable bonds is 4. The van der Waals surface area contributed by atoms with Gasteiger partial charge in [-0.3, -0.25) is 5.10 Å². The van der Waals surface area contributed by atoms with Crippen molar-refractivity contribution in [2.75, 3.05) is 13.1 Å². The number of nitrogens with one attached hydrogen (secondary N) is 2. The van der Waals surface area contributed by atoms with Gasteiger partial charge in [0.05, 0.1) is 5.69 Å². The van der Waals surface area contributed by atoms with Gasteiger partial charge in [-0.15, -0.1) is 13.2 Å². The molecular formula is C18H22F3N3O. The van der Waals surface area contributed by atoms with Gasteiger partial charge in [-0.05, 0) is 42.0 Å². The molecule has 1 saturated heterocycles. The number of alkyl halides is 3. The molecule has 3 rings (SSSR count). The molecule has 1 aromatic heterocycles. The van der Waals surface area contributed by atoms with E-state index in [2.05, 4.69) is 40.2 Å². The number of hydrogen-bond acceptors (Lipinski definition) is 3. The van der Waals surface area contributed by atoms with Crippen LogP contribution in [0.2, 0.25) is 0 Å². The molecule has 1 aromatic carbocycles. The maximum absolute atomic E-state index is 12.3. The van der Waals surface area contributed by atoms with Crippen molar-refractivity contribution in [1.82, 2.24) is 15.5 Å². The van der Waals surface area contributed by atoms with Crippen LogP contribution < -0.4 is 10.1 Å². The Kier molecular flexibility index (Phi) is 5.03. The van der Waals surface area contributed by atoms with Crippen LogP contribution in [-0.4, -0.2) is 29.6 Å². The predicted molar refractivity (Wildman–Crippen MR) is 88.8 cm³/mol. The molecule has 0 saturated carbocycles. The molecule has 0 amide bonds. The lowest BCUT2D eigenvalue weighted by Crippen LogP contribution is -2.34. The minimum Gasteiger partial charge on any atom is -0.406 e. The Morgan fingerprint density at radius 2 is 1.80 bits per heavy atom. The normalized spacial score (nSPS) is 21.5. The summed E-state index contributed by atoms with van der Waals surface area (Å²) in [5.41, 5.74) is 3.17. The molecule has 2 atom stereocenters. The van der Waals surface area contributed by atoms with Crippen LogP contribution in [0, 0.1) is 0 Å². The van der Waals surface area contributed by atoms with Crippen molar-refractivity contribution in [2.24, 2.45) is 0 Å². The Labute approximate surface area is 144 Å². The summed E-state index contributed by atoms with van der Waals surface area (Å²) in [5, 5.41) is 10.9. The van der Waals surface area contributed by atoms with Crippen molar-refractivity contribution < 1.29 is 17.9 Å². The van der Waals surface area contributed by atoms with Gasteiger partial charge in [-0.1, -0.05) is 26.0 Å². The summed E-state index contributed by atoms with van der Waals surface area (Å²) < 4.78 is 40.7. The van der Waals surface area contributed by atoms with E-state index in [1.54, 1.807) is 12.1 Å². The zero-order valence-electron chi connectivity index (χ0n) is 14.2. The van der Waals surface area contributed by atoms with Gasteiger partial charge >= 0.3 is 6.36 Å². The third-order valence-electron chi connectivity index (χ3n) is 4.58. The highest BCUT2D eigenvalue weighted by molar-refractivity contribution is 5.31. The first-order valence-electron chi connectivity index (χ1n) is 8.43. The Balaban J connectivity index is 1.68. The topological polar surface area (TPSA) is 49.9 Å². The van der Waals surface area contributed by atoms with Gasteiger partial charge in [-0.25, -0.2) is 0 Å². The minimum atomic E-state index is -4.66. The van der Waals surface area contributed by atoms with Gasteiger partial charge in [0, 0.05) is 24.7 Å². The highest BCUT2D eigenvalue weighted by Crippen LogP contribution is 2.33. The zero-order valence-corrected chi connectivity index (χ0v) is 14.2. The van der Waals surface area contributed by atoms with Gasteiger partial charge in [0.15, 0.2) is 0 Å². The van der Waals surface area contributed by atoms with Crippen LogP contribution in [-0.2, 0) is 0 Å². The Morgan fingerprint density at radius 3 is 2.40 bits per heavy atom. The molecule has 1 aliphatic rings. The van der Waals surface area contributed by atoms with Crippen LogP contribution in [0.25, 0.3) is 0 Å². The Bertz CT molecular complexity index is 694. The fourth-order valence-electron chi connectivity index (χ4n) is 3.23. The lowest BCUT2D eigenvalue weighted by atomic mass is 9.84. The molecule has 1 aliphatic heterocycles. The number of H-pyrrole nitrogens is 1. The van der Waals surface area contributed by atoms with Crippen LogP contribution in [0.5, 0.6) is 5.75 Å². The summed E-state index contributed by atoms with van der Waals surface area (Å²) in [4.78, 5) is 0. The smallest absolute Gasteiger partial charge is 0.406 e. The first kappa shape index (κ1) is 17.8. The highest BCUT2D eigenvalue weighted by atomic mass is 19.4. The van der Waals surface area contributed by atoms with E-state index in [9.17, 15) is 13.2 Å². The summed E-state index contributed by atoms with van der Waals surface area (Å²) in [6.45, 7) is 5.88. The SMILES string of the molecule is CC(C)c1cc(C2CNCC(c3ccc(OC(F)(F)F)cc3)C2)[nH]n1. The number of ether oxygens (including phenoxy) is 1. The van der Waals surface area contributed by atoms with Crippen LogP contribution in [0.3, 0.4) is 0 Å². The molecule has 136 valence electrons. The molecular weight excluding hydrogens is 331 g/mol. The maximum atomic E-state index is 12.3. The Morgan fingerprint density at radius 1 is 1.12 bits per heavy atom. The van der Waals surface area contributed by atoms with Gasteiger partial charge in [0.2, 0.25) is 0 Å². The molecule has 0 radical (unpaired) electrons. The van der Waals surface area contributed by atoms with E-state index in [1.807, 2.05) is 0 Å². The number of nitrogens with zero attached hydrogens (tertiary/aromatic N) is 1. The van der Waals surface area contributed by atoms with E-state index < -0.39 is 6.36 Å². The number of aromatic amines is 1. The molecule has 0 spiro atoms. The van der Waals surface area contributed by atoms with Crippen LogP contribution in [0.4, 0.5) is 13.2 Å². The number of aromatic nitrogens is 2. The maximum Gasteiger partial charge on any atom is 0.573 e. The number of hydrogen-bond donors (Lipinski definition) is 2. The van der Waals surface area contributed by atoms with Gasteiger partial charge in [0.25, 0.3) is 0 Å². The van der Waals surface area contributed by atoms with Crippen molar-refractivity contribution in [3.63, 3.8) is 0 Å². The molecule has 2 heterocycles. The quantitative estimate of drug-likeness (QED) is 0.862. The minimum absolute atomic E-state index is 0.188. The van der Waals surface area contributed by atoms with Crippen molar-refractivity contribution in [3.05, 3.63) is 47.3 Å². The lowest BCUT2D eigenvalue weighted by Gasteiger charge is -2.29. The second kappa shape index (κ2) is 7.07. The number of benzene rings is 1. The van der Waals surface area contributed by atoms with Crippen LogP contribution in [0.15, 0.2) is 30.3 Å². The van der Waals surface area contributed by atoms with Crippen molar-refractivity contribution >= 4 is 0 Å². The van der Waals surface area contributed by atoms with Crippen molar-refractivity contribution in [2.45, 2.75) is 44.4 Å². The highest BCUT2D eigenvalue weighted by Gasteiger charge is 2.31. The van der Waals surface area contributed by atoms with Gasteiger partial charge < -0.3 is 10.1 Å². The lowest BCUT2D eigenvalue weighted by molar-refractivity contribution is -0.274. The fourth-order valence-corrected chi connectivity index (χ4v) is 3.23. The molecule has 4 nitrogen and oxygen atoms in total. The number of halogens is 3. The first-order valence-corrected chi connectivity index (χ1v) is 8.43. The van der Waals surface area contributed by atoms with Crippen LogP contribution >= 0.6 is 0 Å². The van der Waals surface area contributed by atoms with Crippen molar-refractivity contribution in [3.8, 4) is 5.75 Å². The average Bonchev–Trinajstić information content (AvgIpc) is 3.04. The second-order valence-electron chi connectivity index (χ2n) is 6.81. The molecule has 25 heavy (non-hydrogen) atoms. The molecule has 2 unspecified atom stereocenters. The fraction of sp³-hybridized carbons (Fsp3) is 0.500. The summed E-state index contributed by atoms with van der Waals surface area (Å²) in [7, 11) is 0. The largest absolute Gasteiger partial charge is 0.573 e. The molecule has 2 N–H and O–H groups in total. The van der Waals surface area contributed by atoms with Crippen molar-refractivity contribution in [1.29, 1.82) is 0 Å². The molecule has 7 heteroatoms. The van der Waals surface area contributed by atoms with E-state index in [0.717, 1.165) is 36.5 Å². The molecule has 0 bridgehead atoms. The third-order valence-corrected chi connectivity index (χ3v) is 4.58. The second-order valence-corrected chi connectivity index (χ2v) is 6.81. The van der Waals surface area contributed by atoms with E-state index in [1.165, 1.54) is 12.1 Å². The van der Waals surface area contributed by atoms with E-state index in [4.69, 9.17) is 0 Å². The van der Waals surface area contributed by atoms with E-state index in [-0.39, 0.29) is 11.7 Å². The average molecular weight is 353 g/mol. The van der Waals surface area contributed by atoms with Gasteiger partial charge in [0.1, 0.15) is 5.75 Å². The monoisotopic (exact) mass is 353 g/mol. The standard InChI is InChI=1S/C18H22F3N3O/c1-11(2)16-8-17(24-23-16)14-7-13(9-22-10-14)12-3-5-15(6-4-12)25-18(19,20)21/h3-6,8,11,13-14,22H,7,9-10H2,1-2H3,(H,23,24). The third kappa shape index (κ3) is 4.54. The molecule has 0 aliphatic carbocycles. The van der Waals surface area contributed by atoms with Gasteiger partial charge in [-0.2, -0.15) is 5.10 Å². The zero-order chi connectivity index (χ0) is 18.0. The predicted octanol–water partition coefficient (Wildman–Crippen LogP) is 4.29. The van der Waals surface area contributed by atoms with E-state index in [0.29, 0.717) is 11.8 Å². The summed E-state index contributed by atoms with van der Waals surface area (Å²) in [6.07, 6.45) is -3.74.